The smallest absolute Gasteiger partial charge is 0.243 e. The largest absolute Gasteiger partial charge is 0.330 e. The first-order valence-corrected chi connectivity index (χ1v) is 15.1. The second-order valence-electron chi connectivity index (χ2n) is 9.60. The number of rotatable bonds is 8. The number of aryl methyl sites for hydroxylation is 1. The molecule has 0 aliphatic carbocycles. The van der Waals surface area contributed by atoms with E-state index in [9.17, 15) is 13.2 Å². The normalized spacial score (nSPS) is 15.8. The molecule has 1 unspecified atom stereocenters. The molecule has 1 atom stereocenters. The molecule has 0 fully saturated rings. The van der Waals surface area contributed by atoms with E-state index in [0.29, 0.717) is 19.5 Å². The van der Waals surface area contributed by atoms with Gasteiger partial charge in [0, 0.05) is 18.0 Å². The van der Waals surface area contributed by atoms with Gasteiger partial charge in [-0.25, -0.2) is 8.42 Å². The Morgan fingerprint density at radius 3 is 2.54 bits per heavy atom. The van der Waals surface area contributed by atoms with Gasteiger partial charge in [0.1, 0.15) is 0 Å². The molecular weight excluding hydrogens is 500 g/mol. The summed E-state index contributed by atoms with van der Waals surface area (Å²) in [6, 6.07) is 23.0. The van der Waals surface area contributed by atoms with Gasteiger partial charge in [-0.05, 0) is 70.8 Å². The number of thiophene rings is 1. The van der Waals surface area contributed by atoms with Crippen LogP contribution in [-0.2, 0) is 21.2 Å². The molecule has 7 heteroatoms. The summed E-state index contributed by atoms with van der Waals surface area (Å²) in [7, 11) is -3.85. The molecule has 0 saturated heterocycles. The second-order valence-corrected chi connectivity index (χ2v) is 12.5. The van der Waals surface area contributed by atoms with Crippen LogP contribution < -0.4 is 0 Å². The van der Waals surface area contributed by atoms with E-state index >= 15 is 0 Å². The summed E-state index contributed by atoms with van der Waals surface area (Å²) in [5, 5.41) is 3.94. The Hall–Kier alpha value is -3.00. The molecule has 4 aromatic rings. The van der Waals surface area contributed by atoms with Crippen LogP contribution in [-0.4, -0.2) is 43.2 Å². The van der Waals surface area contributed by atoms with Gasteiger partial charge in [0.05, 0.1) is 17.5 Å². The van der Waals surface area contributed by atoms with Gasteiger partial charge in [-0.1, -0.05) is 67.9 Å². The molecule has 0 radical (unpaired) electrons. The fourth-order valence-corrected chi connectivity index (χ4v) is 7.52. The van der Waals surface area contributed by atoms with Gasteiger partial charge in [-0.2, -0.15) is 4.31 Å². The summed E-state index contributed by atoms with van der Waals surface area (Å²) in [6.45, 7) is 4.81. The highest BCUT2D eigenvalue weighted by Crippen LogP contribution is 2.39. The van der Waals surface area contributed by atoms with Crippen molar-refractivity contribution in [3.63, 3.8) is 0 Å². The molecule has 1 aliphatic heterocycles. The number of nitrogens with zero attached hydrogens (tertiary/aromatic N) is 2. The minimum atomic E-state index is -3.85. The molecule has 0 N–H and O–H groups in total. The molecular formula is C30H32N2O3S2. The maximum Gasteiger partial charge on any atom is 0.243 e. The summed E-state index contributed by atoms with van der Waals surface area (Å²) in [6.07, 6.45) is 2.31. The van der Waals surface area contributed by atoms with Crippen LogP contribution in [0.25, 0.3) is 10.8 Å². The minimum absolute atomic E-state index is 0.162. The lowest BCUT2D eigenvalue weighted by Crippen LogP contribution is -2.47. The number of benzene rings is 3. The summed E-state index contributed by atoms with van der Waals surface area (Å²) < 4.78 is 29.0. The fourth-order valence-electron chi connectivity index (χ4n) is 5.15. The SMILES string of the molecule is CCCCN(CC(=O)N1CCc2sccc2C1c1ccccc1C)S(=O)(=O)c1ccc2ccccc2c1. The van der Waals surface area contributed by atoms with Crippen molar-refractivity contribution in [3.05, 3.63) is 99.7 Å². The molecule has 0 spiro atoms. The average molecular weight is 533 g/mol. The number of unbranched alkanes of at least 4 members (excludes halogenated alkanes) is 1. The Morgan fingerprint density at radius 1 is 1.00 bits per heavy atom. The Balaban J connectivity index is 1.48. The summed E-state index contributed by atoms with van der Waals surface area (Å²) in [5.41, 5.74) is 3.36. The Bertz CT molecular complexity index is 1530. The number of fused-ring (bicyclic) bond motifs is 2. The van der Waals surface area contributed by atoms with Gasteiger partial charge in [0.15, 0.2) is 0 Å². The zero-order valence-electron chi connectivity index (χ0n) is 21.3. The molecule has 1 aromatic heterocycles. The van der Waals surface area contributed by atoms with Crippen LogP contribution in [0.2, 0.25) is 0 Å². The summed E-state index contributed by atoms with van der Waals surface area (Å²) in [4.78, 5) is 17.3. The average Bonchev–Trinajstić information content (AvgIpc) is 3.39. The standard InChI is InChI=1S/C30H32N2O3S2/c1-3-4-17-31(37(34,35)25-14-13-23-10-6-7-11-24(23)20-25)21-29(33)32-18-15-28-27(16-19-36-28)30(32)26-12-8-5-9-22(26)2/h5-14,16,19-20,30H,3-4,15,17-18,21H2,1-2H3. The van der Waals surface area contributed by atoms with Gasteiger partial charge >= 0.3 is 0 Å². The summed E-state index contributed by atoms with van der Waals surface area (Å²) >= 11 is 1.73. The third kappa shape index (κ3) is 5.08. The van der Waals surface area contributed by atoms with E-state index in [0.717, 1.165) is 40.3 Å². The third-order valence-electron chi connectivity index (χ3n) is 7.20. The molecule has 3 aromatic carbocycles. The Labute approximate surface area is 223 Å². The van der Waals surface area contributed by atoms with Crippen molar-refractivity contribution in [3.8, 4) is 0 Å². The van der Waals surface area contributed by atoms with Crippen molar-refractivity contribution >= 4 is 38.0 Å². The number of hydrogen-bond acceptors (Lipinski definition) is 4. The van der Waals surface area contributed by atoms with Crippen molar-refractivity contribution in [2.24, 2.45) is 0 Å². The van der Waals surface area contributed by atoms with Gasteiger partial charge < -0.3 is 4.90 Å². The van der Waals surface area contributed by atoms with Crippen molar-refractivity contribution < 1.29 is 13.2 Å². The maximum absolute atomic E-state index is 13.9. The van der Waals surface area contributed by atoms with Crippen LogP contribution in [0.4, 0.5) is 0 Å². The first kappa shape index (κ1) is 25.6. The molecule has 5 nitrogen and oxygen atoms in total. The highest BCUT2D eigenvalue weighted by molar-refractivity contribution is 7.89. The minimum Gasteiger partial charge on any atom is -0.330 e. The lowest BCUT2D eigenvalue weighted by Gasteiger charge is -2.38. The molecule has 1 amide bonds. The number of amides is 1. The van der Waals surface area contributed by atoms with E-state index in [2.05, 4.69) is 30.5 Å². The maximum atomic E-state index is 13.9. The quantitative estimate of drug-likeness (QED) is 0.273. The van der Waals surface area contributed by atoms with Crippen LogP contribution in [0.15, 0.2) is 83.1 Å². The van der Waals surface area contributed by atoms with Crippen LogP contribution >= 0.6 is 11.3 Å². The van der Waals surface area contributed by atoms with Crippen LogP contribution in [0, 0.1) is 6.92 Å². The second kappa shape index (κ2) is 10.8. The Kier molecular flexibility index (Phi) is 7.47. The van der Waals surface area contributed by atoms with E-state index in [4.69, 9.17) is 0 Å². The molecule has 1 aliphatic rings. The first-order valence-electron chi connectivity index (χ1n) is 12.8. The zero-order chi connectivity index (χ0) is 26.0. The predicted octanol–water partition coefficient (Wildman–Crippen LogP) is 6.17. The molecule has 0 bridgehead atoms. The van der Waals surface area contributed by atoms with E-state index < -0.39 is 10.0 Å². The number of carbonyl (C=O) groups is 1. The molecule has 192 valence electrons. The number of carbonyl (C=O) groups excluding carboxylic acids is 1. The van der Waals surface area contributed by atoms with E-state index in [1.165, 1.54) is 9.18 Å². The third-order valence-corrected chi connectivity index (χ3v) is 10.0. The highest BCUT2D eigenvalue weighted by Gasteiger charge is 2.36. The van der Waals surface area contributed by atoms with Crippen molar-refractivity contribution in [2.75, 3.05) is 19.6 Å². The van der Waals surface area contributed by atoms with E-state index in [1.54, 1.807) is 23.5 Å². The zero-order valence-corrected chi connectivity index (χ0v) is 22.9. The molecule has 2 heterocycles. The van der Waals surface area contributed by atoms with Gasteiger partial charge in [0.25, 0.3) is 0 Å². The van der Waals surface area contributed by atoms with E-state index in [-0.39, 0.29) is 23.4 Å². The predicted molar refractivity (Wildman–Crippen MR) is 150 cm³/mol. The van der Waals surface area contributed by atoms with Crippen molar-refractivity contribution in [1.29, 1.82) is 0 Å². The lowest BCUT2D eigenvalue weighted by molar-refractivity contribution is -0.133. The first-order chi connectivity index (χ1) is 17.9. The topological polar surface area (TPSA) is 57.7 Å². The molecule has 5 rings (SSSR count). The van der Waals surface area contributed by atoms with Gasteiger partial charge in [-0.3, -0.25) is 4.79 Å². The van der Waals surface area contributed by atoms with Gasteiger partial charge in [0.2, 0.25) is 15.9 Å². The lowest BCUT2D eigenvalue weighted by atomic mass is 9.90. The summed E-state index contributed by atoms with van der Waals surface area (Å²) in [5.74, 6) is -0.162. The monoisotopic (exact) mass is 532 g/mol. The Morgan fingerprint density at radius 2 is 1.76 bits per heavy atom. The number of hydrogen-bond donors (Lipinski definition) is 0. The fraction of sp³-hybridized carbons (Fsp3) is 0.300. The van der Waals surface area contributed by atoms with Crippen LogP contribution in [0.1, 0.15) is 47.4 Å². The van der Waals surface area contributed by atoms with Crippen LogP contribution in [0.3, 0.4) is 0 Å². The van der Waals surface area contributed by atoms with Crippen LogP contribution in [0.5, 0.6) is 0 Å². The van der Waals surface area contributed by atoms with E-state index in [1.807, 2.05) is 54.3 Å². The highest BCUT2D eigenvalue weighted by atomic mass is 32.2. The van der Waals surface area contributed by atoms with Crippen molar-refractivity contribution in [1.82, 2.24) is 9.21 Å². The molecule has 0 saturated carbocycles. The number of sulfonamides is 1. The van der Waals surface area contributed by atoms with Crippen molar-refractivity contribution in [2.45, 2.75) is 44.0 Å². The van der Waals surface area contributed by atoms with Gasteiger partial charge in [-0.15, -0.1) is 11.3 Å². The molecule has 37 heavy (non-hydrogen) atoms.